The van der Waals surface area contributed by atoms with Gasteiger partial charge >= 0.3 is 0 Å². The molecule has 0 aromatic carbocycles. The summed E-state index contributed by atoms with van der Waals surface area (Å²) in [7, 11) is 1.86. The van der Waals surface area contributed by atoms with Crippen molar-refractivity contribution in [3.63, 3.8) is 0 Å². The van der Waals surface area contributed by atoms with Crippen LogP contribution in [0, 0.1) is 6.92 Å². The van der Waals surface area contributed by atoms with Crippen LogP contribution in [0.4, 0.5) is 0 Å². The fourth-order valence-electron chi connectivity index (χ4n) is 2.38. The number of fused-ring (bicyclic) bond motifs is 1. The van der Waals surface area contributed by atoms with Crippen molar-refractivity contribution in [3.8, 4) is 0 Å². The van der Waals surface area contributed by atoms with E-state index in [0.717, 1.165) is 35.4 Å². The van der Waals surface area contributed by atoms with Crippen molar-refractivity contribution in [2.24, 2.45) is 7.05 Å². The second kappa shape index (κ2) is 9.74. The monoisotopic (exact) mass is 387 g/mol. The van der Waals surface area contributed by atoms with Crippen LogP contribution in [-0.2, 0) is 11.8 Å². The molecule has 9 heteroatoms. The largest absolute Gasteiger partial charge is 0.353 e. The third kappa shape index (κ3) is 5.42. The van der Waals surface area contributed by atoms with Gasteiger partial charge in [-0.05, 0) is 32.9 Å². The lowest BCUT2D eigenvalue weighted by Gasteiger charge is -2.13. The van der Waals surface area contributed by atoms with E-state index in [1.807, 2.05) is 20.0 Å². The quantitative estimate of drug-likeness (QED) is 0.600. The molecule has 2 rings (SSSR count). The van der Waals surface area contributed by atoms with E-state index >= 15 is 0 Å². The molecule has 0 saturated heterocycles. The number of aromatic nitrogens is 2. The maximum Gasteiger partial charge on any atom is 0.262 e. The number of halogens is 1. The highest BCUT2D eigenvalue weighted by Gasteiger charge is 2.19. The summed E-state index contributed by atoms with van der Waals surface area (Å²) in [5, 5.41) is 14.1. The second-order valence-electron chi connectivity index (χ2n) is 5.77. The average molecular weight is 388 g/mol. The maximum absolute atomic E-state index is 12.3. The molecule has 0 spiro atoms. The van der Waals surface area contributed by atoms with Crippen LogP contribution in [0.3, 0.4) is 0 Å². The number of nitrogens with zero attached hydrogens (tertiary/aromatic N) is 2. The Hall–Kier alpha value is -1.64. The Balaban J connectivity index is 0.00000312. The van der Waals surface area contributed by atoms with Crippen LogP contribution in [0.2, 0.25) is 0 Å². The van der Waals surface area contributed by atoms with Crippen molar-refractivity contribution in [2.75, 3.05) is 19.6 Å². The predicted octanol–water partition coefficient (Wildman–Crippen LogP) is 1.60. The summed E-state index contributed by atoms with van der Waals surface area (Å²) >= 11 is 1.38. The molecule has 0 saturated carbocycles. The van der Waals surface area contributed by atoms with Crippen LogP contribution in [0.25, 0.3) is 10.2 Å². The molecular formula is C16H26ClN5O2S. The normalized spacial score (nSPS) is 11.8. The zero-order valence-electron chi connectivity index (χ0n) is 15.0. The lowest BCUT2D eigenvalue weighted by Crippen LogP contribution is -2.46. The van der Waals surface area contributed by atoms with Crippen molar-refractivity contribution >= 4 is 45.8 Å². The van der Waals surface area contributed by atoms with Gasteiger partial charge in [-0.3, -0.25) is 14.3 Å². The number of hydrogen-bond acceptors (Lipinski definition) is 5. The Kier molecular flexibility index (Phi) is 8.34. The van der Waals surface area contributed by atoms with Gasteiger partial charge in [0.25, 0.3) is 5.91 Å². The molecule has 0 aliphatic carbocycles. The van der Waals surface area contributed by atoms with E-state index in [1.54, 1.807) is 11.6 Å². The molecule has 1 unspecified atom stereocenters. The Morgan fingerprint density at radius 1 is 1.32 bits per heavy atom. The number of nitrogens with one attached hydrogen (secondary N) is 3. The van der Waals surface area contributed by atoms with Gasteiger partial charge in [0.2, 0.25) is 5.91 Å². The smallest absolute Gasteiger partial charge is 0.262 e. The van der Waals surface area contributed by atoms with Gasteiger partial charge in [0.05, 0.1) is 10.6 Å². The lowest BCUT2D eigenvalue weighted by molar-refractivity contribution is -0.122. The molecule has 0 aliphatic heterocycles. The minimum absolute atomic E-state index is 0. The third-order valence-corrected chi connectivity index (χ3v) is 4.89. The molecule has 0 radical (unpaired) electrons. The molecule has 0 bridgehead atoms. The van der Waals surface area contributed by atoms with Crippen LogP contribution >= 0.6 is 23.7 Å². The van der Waals surface area contributed by atoms with E-state index in [-0.39, 0.29) is 24.2 Å². The van der Waals surface area contributed by atoms with Gasteiger partial charge in [-0.2, -0.15) is 5.10 Å². The van der Waals surface area contributed by atoms with E-state index in [1.165, 1.54) is 11.3 Å². The van der Waals surface area contributed by atoms with E-state index in [9.17, 15) is 9.59 Å². The molecular weight excluding hydrogens is 362 g/mol. The molecule has 1 atom stereocenters. The van der Waals surface area contributed by atoms with Crippen LogP contribution in [0.1, 0.15) is 35.6 Å². The number of aryl methyl sites for hydroxylation is 2. The zero-order valence-corrected chi connectivity index (χ0v) is 16.6. The predicted molar refractivity (Wildman–Crippen MR) is 104 cm³/mol. The number of hydrogen-bond donors (Lipinski definition) is 3. The molecule has 0 fully saturated rings. The van der Waals surface area contributed by atoms with Crippen LogP contribution in [0.5, 0.6) is 0 Å². The molecule has 2 heterocycles. The highest BCUT2D eigenvalue weighted by molar-refractivity contribution is 7.20. The van der Waals surface area contributed by atoms with Gasteiger partial charge in [-0.15, -0.1) is 23.7 Å². The number of amides is 2. The fourth-order valence-corrected chi connectivity index (χ4v) is 3.41. The van der Waals surface area contributed by atoms with Crippen molar-refractivity contribution in [1.29, 1.82) is 0 Å². The summed E-state index contributed by atoms with van der Waals surface area (Å²) in [6.07, 6.45) is 1.06. The number of carbonyl (C=O) groups excluding carboxylic acids is 2. The van der Waals surface area contributed by atoms with Gasteiger partial charge in [0.15, 0.2) is 0 Å². The SMILES string of the molecule is CCCNCCNC(=O)C(C)NC(=O)c1cc2c(C)nn(C)c2s1.Cl. The van der Waals surface area contributed by atoms with Gasteiger partial charge in [-0.1, -0.05) is 6.92 Å². The van der Waals surface area contributed by atoms with Gasteiger partial charge in [0.1, 0.15) is 10.9 Å². The first-order valence-corrected chi connectivity index (χ1v) is 8.98. The molecule has 25 heavy (non-hydrogen) atoms. The number of carbonyl (C=O) groups is 2. The Bertz CT molecular complexity index is 693. The lowest BCUT2D eigenvalue weighted by atomic mass is 10.2. The summed E-state index contributed by atoms with van der Waals surface area (Å²) in [6.45, 7) is 7.90. The minimum Gasteiger partial charge on any atom is -0.353 e. The minimum atomic E-state index is -0.576. The Morgan fingerprint density at radius 3 is 2.68 bits per heavy atom. The molecule has 2 aromatic heterocycles. The van der Waals surface area contributed by atoms with E-state index in [0.29, 0.717) is 11.4 Å². The summed E-state index contributed by atoms with van der Waals surface area (Å²) in [5.41, 5.74) is 0.896. The Morgan fingerprint density at radius 2 is 2.04 bits per heavy atom. The Labute approximate surface area is 158 Å². The molecule has 2 amide bonds. The summed E-state index contributed by atoms with van der Waals surface area (Å²) in [6, 6.07) is 1.25. The van der Waals surface area contributed by atoms with Crippen molar-refractivity contribution in [3.05, 3.63) is 16.6 Å². The first kappa shape index (κ1) is 21.4. The van der Waals surface area contributed by atoms with Crippen molar-refractivity contribution in [1.82, 2.24) is 25.7 Å². The molecule has 7 nitrogen and oxygen atoms in total. The highest BCUT2D eigenvalue weighted by Crippen LogP contribution is 2.27. The molecule has 140 valence electrons. The van der Waals surface area contributed by atoms with Crippen molar-refractivity contribution in [2.45, 2.75) is 33.2 Å². The van der Waals surface area contributed by atoms with Crippen LogP contribution < -0.4 is 16.0 Å². The molecule has 3 N–H and O–H groups in total. The van der Waals surface area contributed by atoms with Gasteiger partial charge < -0.3 is 16.0 Å². The first-order valence-electron chi connectivity index (χ1n) is 8.16. The van der Waals surface area contributed by atoms with E-state index in [4.69, 9.17) is 0 Å². The average Bonchev–Trinajstić information content (AvgIpc) is 3.09. The fraction of sp³-hybridized carbons (Fsp3) is 0.562. The summed E-state index contributed by atoms with van der Waals surface area (Å²) < 4.78 is 1.77. The topological polar surface area (TPSA) is 88.0 Å². The van der Waals surface area contributed by atoms with E-state index < -0.39 is 6.04 Å². The standard InChI is InChI=1S/C16H25N5O2S.ClH/c1-5-6-17-7-8-18-14(22)11(3)19-15(23)13-9-12-10(2)20-21(4)16(12)24-13;/h9,11,17H,5-8H2,1-4H3,(H,18,22)(H,19,23);1H. The van der Waals surface area contributed by atoms with Crippen LogP contribution in [0.15, 0.2) is 6.07 Å². The highest BCUT2D eigenvalue weighted by atomic mass is 35.5. The van der Waals surface area contributed by atoms with E-state index in [2.05, 4.69) is 28.0 Å². The molecule has 2 aromatic rings. The zero-order chi connectivity index (χ0) is 17.7. The van der Waals surface area contributed by atoms with Gasteiger partial charge in [0, 0.05) is 25.5 Å². The first-order chi connectivity index (χ1) is 11.4. The number of thiophene rings is 1. The second-order valence-corrected chi connectivity index (χ2v) is 6.81. The maximum atomic E-state index is 12.3. The van der Waals surface area contributed by atoms with Gasteiger partial charge in [-0.25, -0.2) is 0 Å². The number of rotatable bonds is 8. The summed E-state index contributed by atoms with van der Waals surface area (Å²) in [5.74, 6) is -0.414. The third-order valence-electron chi connectivity index (χ3n) is 3.69. The van der Waals surface area contributed by atoms with Crippen molar-refractivity contribution < 1.29 is 9.59 Å². The van der Waals surface area contributed by atoms with Crippen LogP contribution in [-0.4, -0.2) is 47.3 Å². The molecule has 0 aliphatic rings. The summed E-state index contributed by atoms with van der Waals surface area (Å²) in [4.78, 5) is 25.9.